The van der Waals surface area contributed by atoms with Crippen LogP contribution in [0.5, 0.6) is 0 Å². The van der Waals surface area contributed by atoms with Crippen molar-refractivity contribution >= 4 is 23.2 Å². The quantitative estimate of drug-likeness (QED) is 0.684. The van der Waals surface area contributed by atoms with Gasteiger partial charge in [-0.1, -0.05) is 25.7 Å². The summed E-state index contributed by atoms with van der Waals surface area (Å²) in [7, 11) is 0. The molecule has 1 aliphatic carbocycles. The van der Waals surface area contributed by atoms with E-state index in [-0.39, 0.29) is 24.9 Å². The van der Waals surface area contributed by atoms with E-state index in [4.69, 9.17) is 0 Å². The fourth-order valence-corrected chi connectivity index (χ4v) is 3.46. The normalized spacial score (nSPS) is 16.4. The molecule has 1 unspecified atom stereocenters. The molecule has 1 fully saturated rings. The van der Waals surface area contributed by atoms with Crippen molar-refractivity contribution in [2.75, 3.05) is 13.1 Å². The maximum Gasteiger partial charge on any atom is 0.239 e. The summed E-state index contributed by atoms with van der Waals surface area (Å²) in [4.78, 5) is 23.3. The maximum atomic E-state index is 11.7. The van der Waals surface area contributed by atoms with E-state index in [1.165, 1.54) is 37.0 Å². The van der Waals surface area contributed by atoms with Crippen molar-refractivity contribution in [1.82, 2.24) is 10.6 Å². The van der Waals surface area contributed by atoms with Gasteiger partial charge in [-0.25, -0.2) is 0 Å². The first-order valence-corrected chi connectivity index (χ1v) is 8.83. The first-order chi connectivity index (χ1) is 10.6. The summed E-state index contributed by atoms with van der Waals surface area (Å²) in [6.45, 7) is 0.132. The lowest BCUT2D eigenvalue weighted by atomic mass is 10.0. The minimum atomic E-state index is -0.701. The maximum absolute atomic E-state index is 11.7. The number of hydrogen-bond donors (Lipinski definition) is 3. The predicted octanol–water partition coefficient (Wildman–Crippen LogP) is 1.98. The van der Waals surface area contributed by atoms with Crippen LogP contribution in [0.25, 0.3) is 0 Å². The highest BCUT2D eigenvalue weighted by atomic mass is 32.1. The summed E-state index contributed by atoms with van der Waals surface area (Å²) in [6, 6.07) is 1.83. The van der Waals surface area contributed by atoms with Crippen LogP contribution < -0.4 is 10.6 Å². The molecule has 1 heterocycles. The van der Waals surface area contributed by atoms with E-state index in [2.05, 4.69) is 10.6 Å². The van der Waals surface area contributed by atoms with Gasteiger partial charge in [0.05, 0.1) is 12.6 Å². The average molecular weight is 324 g/mol. The average Bonchev–Trinajstić information content (AvgIpc) is 3.21. The van der Waals surface area contributed by atoms with Crippen molar-refractivity contribution in [3.63, 3.8) is 0 Å². The summed E-state index contributed by atoms with van der Waals surface area (Å²) in [5.74, 6) is 0.337. The third kappa shape index (κ3) is 5.77. The molecule has 3 N–H and O–H groups in total. The van der Waals surface area contributed by atoms with E-state index in [1.807, 2.05) is 16.8 Å². The van der Waals surface area contributed by atoms with E-state index in [1.54, 1.807) is 0 Å². The number of rotatable bonds is 8. The molecular formula is C16H24N2O3S. The zero-order valence-electron chi connectivity index (χ0n) is 12.7. The van der Waals surface area contributed by atoms with Gasteiger partial charge in [-0.05, 0) is 34.7 Å². The molecule has 0 bridgehead atoms. The molecule has 6 heteroatoms. The van der Waals surface area contributed by atoms with Crippen molar-refractivity contribution in [2.24, 2.45) is 5.92 Å². The van der Waals surface area contributed by atoms with Gasteiger partial charge in [0.1, 0.15) is 0 Å². The molecule has 0 radical (unpaired) electrons. The van der Waals surface area contributed by atoms with Crippen LogP contribution in [0.15, 0.2) is 16.8 Å². The summed E-state index contributed by atoms with van der Waals surface area (Å²) >= 11 is 1.50. The number of carbonyl (C=O) groups excluding carboxylic acids is 2. The van der Waals surface area contributed by atoms with Crippen LogP contribution in [0, 0.1) is 5.92 Å². The summed E-state index contributed by atoms with van der Waals surface area (Å²) in [5.41, 5.74) is 0.797. The second kappa shape index (κ2) is 8.90. The molecule has 22 heavy (non-hydrogen) atoms. The van der Waals surface area contributed by atoms with Gasteiger partial charge in [0.2, 0.25) is 11.8 Å². The summed E-state index contributed by atoms with van der Waals surface area (Å²) in [6.07, 6.45) is 5.73. The number of thiophene rings is 1. The Bertz CT molecular complexity index is 470. The second-order valence-electron chi connectivity index (χ2n) is 5.84. The Hall–Kier alpha value is -1.40. The molecule has 2 rings (SSSR count). The number of hydrogen-bond acceptors (Lipinski definition) is 4. The Balaban J connectivity index is 1.55. The molecule has 0 aliphatic heterocycles. The topological polar surface area (TPSA) is 78.4 Å². The SMILES string of the molecule is O=C(CCC1CCCC1)NCC(=O)NCC(O)c1ccsc1. The van der Waals surface area contributed by atoms with Crippen LogP contribution in [0.1, 0.15) is 50.2 Å². The second-order valence-corrected chi connectivity index (χ2v) is 6.62. The minimum absolute atomic E-state index is 0.0279. The van der Waals surface area contributed by atoms with Gasteiger partial charge in [0, 0.05) is 13.0 Å². The third-order valence-electron chi connectivity index (χ3n) is 4.12. The molecule has 2 amide bonds. The lowest BCUT2D eigenvalue weighted by molar-refractivity contribution is -0.126. The van der Waals surface area contributed by atoms with E-state index >= 15 is 0 Å². The van der Waals surface area contributed by atoms with E-state index in [0.717, 1.165) is 12.0 Å². The van der Waals surface area contributed by atoms with Crippen LogP contribution in [0.2, 0.25) is 0 Å². The minimum Gasteiger partial charge on any atom is -0.387 e. The van der Waals surface area contributed by atoms with Crippen molar-refractivity contribution in [1.29, 1.82) is 0 Å². The first kappa shape index (κ1) is 17.0. The zero-order valence-corrected chi connectivity index (χ0v) is 13.5. The third-order valence-corrected chi connectivity index (χ3v) is 4.82. The fraction of sp³-hybridized carbons (Fsp3) is 0.625. The highest BCUT2D eigenvalue weighted by Gasteiger charge is 2.16. The van der Waals surface area contributed by atoms with Crippen LogP contribution in [0.4, 0.5) is 0 Å². The van der Waals surface area contributed by atoms with Gasteiger partial charge >= 0.3 is 0 Å². The lowest BCUT2D eigenvalue weighted by Gasteiger charge is -2.12. The fourth-order valence-electron chi connectivity index (χ4n) is 2.76. The lowest BCUT2D eigenvalue weighted by Crippen LogP contribution is -2.38. The Morgan fingerprint density at radius 1 is 1.27 bits per heavy atom. The zero-order chi connectivity index (χ0) is 15.8. The molecule has 1 aromatic rings. The molecule has 1 atom stereocenters. The van der Waals surface area contributed by atoms with E-state index in [9.17, 15) is 14.7 Å². The van der Waals surface area contributed by atoms with Crippen molar-refractivity contribution < 1.29 is 14.7 Å². The standard InChI is InChI=1S/C16H24N2O3S/c19-14(13-7-8-22-11-13)9-17-16(21)10-18-15(20)6-5-12-3-1-2-4-12/h7-8,11-12,14,19H,1-6,9-10H2,(H,17,21)(H,18,20). The molecule has 0 aromatic carbocycles. The monoisotopic (exact) mass is 324 g/mol. The van der Waals surface area contributed by atoms with Crippen LogP contribution in [-0.2, 0) is 9.59 Å². The van der Waals surface area contributed by atoms with Crippen LogP contribution in [0.3, 0.4) is 0 Å². The van der Waals surface area contributed by atoms with Gasteiger partial charge < -0.3 is 15.7 Å². The van der Waals surface area contributed by atoms with Crippen molar-refractivity contribution in [2.45, 2.75) is 44.6 Å². The number of aliphatic hydroxyl groups excluding tert-OH is 1. The van der Waals surface area contributed by atoms with Gasteiger partial charge in [-0.2, -0.15) is 11.3 Å². The van der Waals surface area contributed by atoms with Crippen LogP contribution >= 0.6 is 11.3 Å². The molecule has 1 aromatic heterocycles. The summed E-state index contributed by atoms with van der Waals surface area (Å²) < 4.78 is 0. The number of amides is 2. The van der Waals surface area contributed by atoms with Crippen LogP contribution in [-0.4, -0.2) is 30.0 Å². The number of carbonyl (C=O) groups is 2. The summed E-state index contributed by atoms with van der Waals surface area (Å²) in [5, 5.41) is 18.8. The predicted molar refractivity (Wildman–Crippen MR) is 86.5 cm³/mol. The molecular weight excluding hydrogens is 300 g/mol. The van der Waals surface area contributed by atoms with Gasteiger partial charge in [-0.3, -0.25) is 9.59 Å². The highest BCUT2D eigenvalue weighted by Crippen LogP contribution is 2.28. The highest BCUT2D eigenvalue weighted by molar-refractivity contribution is 7.07. The Morgan fingerprint density at radius 3 is 2.73 bits per heavy atom. The first-order valence-electron chi connectivity index (χ1n) is 7.88. The number of nitrogens with one attached hydrogen (secondary N) is 2. The van der Waals surface area contributed by atoms with Gasteiger partial charge in [0.25, 0.3) is 0 Å². The van der Waals surface area contributed by atoms with E-state index in [0.29, 0.717) is 12.3 Å². The largest absolute Gasteiger partial charge is 0.387 e. The molecule has 1 saturated carbocycles. The Morgan fingerprint density at radius 2 is 2.05 bits per heavy atom. The molecule has 5 nitrogen and oxygen atoms in total. The molecule has 122 valence electrons. The Kier molecular flexibility index (Phi) is 6.86. The van der Waals surface area contributed by atoms with Gasteiger partial charge in [-0.15, -0.1) is 0 Å². The molecule has 1 aliphatic rings. The van der Waals surface area contributed by atoms with Crippen molar-refractivity contribution in [3.05, 3.63) is 22.4 Å². The molecule has 0 spiro atoms. The smallest absolute Gasteiger partial charge is 0.239 e. The Labute approximate surface area is 135 Å². The number of aliphatic hydroxyl groups is 1. The van der Waals surface area contributed by atoms with Gasteiger partial charge in [0.15, 0.2) is 0 Å². The van der Waals surface area contributed by atoms with E-state index < -0.39 is 6.10 Å². The molecule has 0 saturated heterocycles. The van der Waals surface area contributed by atoms with Crippen molar-refractivity contribution in [3.8, 4) is 0 Å².